The molecule has 130 valence electrons. The molecule has 1 unspecified atom stereocenters. The van der Waals surface area contributed by atoms with Crippen LogP contribution in [0.1, 0.15) is 12.5 Å². The first kappa shape index (κ1) is 16.8. The van der Waals surface area contributed by atoms with Gasteiger partial charge in [-0.15, -0.1) is 0 Å². The summed E-state index contributed by atoms with van der Waals surface area (Å²) in [4.78, 5) is 24.5. The quantitative estimate of drug-likeness (QED) is 0.646. The van der Waals surface area contributed by atoms with Gasteiger partial charge in [-0.05, 0) is 31.0 Å². The van der Waals surface area contributed by atoms with E-state index < -0.39 is 4.92 Å². The molecule has 0 aromatic heterocycles. The van der Waals surface area contributed by atoms with Gasteiger partial charge < -0.3 is 15.5 Å². The van der Waals surface area contributed by atoms with Crippen molar-refractivity contribution in [3.8, 4) is 0 Å². The van der Waals surface area contributed by atoms with Crippen molar-refractivity contribution in [2.24, 2.45) is 0 Å². The van der Waals surface area contributed by atoms with Crippen LogP contribution in [0.4, 0.5) is 21.9 Å². The van der Waals surface area contributed by atoms with Crippen LogP contribution in [0.15, 0.2) is 48.5 Å². The maximum absolute atomic E-state index is 12.0. The molecule has 2 N–H and O–H groups in total. The van der Waals surface area contributed by atoms with Crippen molar-refractivity contribution >= 4 is 23.1 Å². The zero-order valence-electron chi connectivity index (χ0n) is 13.9. The first-order chi connectivity index (χ1) is 12.0. The van der Waals surface area contributed by atoms with E-state index in [9.17, 15) is 14.9 Å². The highest BCUT2D eigenvalue weighted by molar-refractivity contribution is 5.89. The number of benzene rings is 2. The summed E-state index contributed by atoms with van der Waals surface area (Å²) in [5.74, 6) is 0. The molecule has 0 aliphatic carbocycles. The summed E-state index contributed by atoms with van der Waals surface area (Å²) in [6, 6.07) is 14.2. The Morgan fingerprint density at radius 1 is 1.28 bits per heavy atom. The molecule has 7 heteroatoms. The number of nitro groups is 1. The average molecular weight is 340 g/mol. The number of carbonyl (C=O) groups excluding carboxylic acids is 1. The summed E-state index contributed by atoms with van der Waals surface area (Å²) in [6.07, 6.45) is 1.01. The minimum atomic E-state index is -0.491. The molecule has 2 aromatic rings. The van der Waals surface area contributed by atoms with Crippen LogP contribution in [-0.4, -0.2) is 30.1 Å². The van der Waals surface area contributed by atoms with Crippen molar-refractivity contribution in [3.05, 3.63) is 64.2 Å². The van der Waals surface area contributed by atoms with Gasteiger partial charge in [0.2, 0.25) is 0 Å². The van der Waals surface area contributed by atoms with Crippen molar-refractivity contribution in [2.75, 3.05) is 23.3 Å². The Morgan fingerprint density at radius 3 is 2.88 bits per heavy atom. The lowest BCUT2D eigenvalue weighted by Crippen LogP contribution is -2.39. The second-order valence-corrected chi connectivity index (χ2v) is 6.06. The van der Waals surface area contributed by atoms with Crippen molar-refractivity contribution in [1.29, 1.82) is 0 Å². The molecule has 0 bridgehead atoms. The highest BCUT2D eigenvalue weighted by Crippen LogP contribution is 2.31. The Labute approximate surface area is 145 Å². The summed E-state index contributed by atoms with van der Waals surface area (Å²) in [5, 5.41) is 16.2. The standard InChI is InChI=1S/C18H20N4O3/c1-13-11-14-5-2-3-8-17(14)21(13)10-9-19-18(23)20-15-6-4-7-16(12-15)22(24)25/h2-8,12-13H,9-11H2,1H3,(H2,19,20,23). The molecule has 0 saturated heterocycles. The molecule has 7 nitrogen and oxygen atoms in total. The number of nitro benzene ring substituents is 1. The number of carbonyl (C=O) groups is 1. The molecule has 2 amide bonds. The molecule has 2 aromatic carbocycles. The third-order valence-electron chi connectivity index (χ3n) is 4.30. The number of rotatable bonds is 5. The van der Waals surface area contributed by atoms with Gasteiger partial charge in [0.25, 0.3) is 5.69 Å². The van der Waals surface area contributed by atoms with E-state index in [1.165, 1.54) is 29.4 Å². The zero-order valence-corrected chi connectivity index (χ0v) is 13.9. The van der Waals surface area contributed by atoms with Gasteiger partial charge in [0.1, 0.15) is 0 Å². The monoisotopic (exact) mass is 340 g/mol. The van der Waals surface area contributed by atoms with Gasteiger partial charge in [0.05, 0.1) is 4.92 Å². The predicted molar refractivity (Wildman–Crippen MR) is 97.1 cm³/mol. The van der Waals surface area contributed by atoms with Gasteiger partial charge in [-0.25, -0.2) is 4.79 Å². The van der Waals surface area contributed by atoms with E-state index in [4.69, 9.17) is 0 Å². The Kier molecular flexibility index (Phi) is 4.83. The number of non-ortho nitro benzene ring substituents is 1. The van der Waals surface area contributed by atoms with Crippen molar-refractivity contribution in [2.45, 2.75) is 19.4 Å². The highest BCUT2D eigenvalue weighted by atomic mass is 16.6. The smallest absolute Gasteiger partial charge is 0.319 e. The van der Waals surface area contributed by atoms with Crippen molar-refractivity contribution < 1.29 is 9.72 Å². The lowest BCUT2D eigenvalue weighted by molar-refractivity contribution is -0.384. The molecule has 1 heterocycles. The SMILES string of the molecule is CC1Cc2ccccc2N1CCNC(=O)Nc1cccc([N+](=O)[O-])c1. The van der Waals surface area contributed by atoms with Crippen LogP contribution in [-0.2, 0) is 6.42 Å². The van der Waals surface area contributed by atoms with E-state index in [1.54, 1.807) is 6.07 Å². The fourth-order valence-corrected chi connectivity index (χ4v) is 3.13. The fourth-order valence-electron chi connectivity index (χ4n) is 3.13. The topological polar surface area (TPSA) is 87.5 Å². The number of hydrogen-bond donors (Lipinski definition) is 2. The minimum absolute atomic E-state index is 0.0553. The van der Waals surface area contributed by atoms with Crippen molar-refractivity contribution in [3.63, 3.8) is 0 Å². The third-order valence-corrected chi connectivity index (χ3v) is 4.30. The van der Waals surface area contributed by atoms with Gasteiger partial charge >= 0.3 is 6.03 Å². The summed E-state index contributed by atoms with van der Waals surface area (Å²) in [7, 11) is 0. The van der Waals surface area contributed by atoms with Crippen LogP contribution in [0.3, 0.4) is 0 Å². The zero-order chi connectivity index (χ0) is 17.8. The van der Waals surface area contributed by atoms with E-state index in [1.807, 2.05) is 12.1 Å². The molecule has 3 rings (SSSR count). The molecular formula is C18H20N4O3. The van der Waals surface area contributed by atoms with Crippen LogP contribution in [0.2, 0.25) is 0 Å². The molecule has 1 atom stereocenters. The fraction of sp³-hybridized carbons (Fsp3) is 0.278. The Hall–Kier alpha value is -3.09. The molecule has 0 saturated carbocycles. The Balaban J connectivity index is 1.52. The molecule has 0 fully saturated rings. The van der Waals surface area contributed by atoms with Gasteiger partial charge in [0.15, 0.2) is 0 Å². The Morgan fingerprint density at radius 2 is 2.08 bits per heavy atom. The van der Waals surface area contributed by atoms with E-state index in [2.05, 4.69) is 34.6 Å². The van der Waals surface area contributed by atoms with Gasteiger partial charge in [-0.3, -0.25) is 10.1 Å². The van der Waals surface area contributed by atoms with E-state index in [-0.39, 0.29) is 11.7 Å². The normalized spacial score (nSPS) is 15.6. The van der Waals surface area contributed by atoms with Crippen LogP contribution in [0.5, 0.6) is 0 Å². The van der Waals surface area contributed by atoms with Crippen molar-refractivity contribution in [1.82, 2.24) is 5.32 Å². The minimum Gasteiger partial charge on any atom is -0.367 e. The number of para-hydroxylation sites is 1. The molecule has 25 heavy (non-hydrogen) atoms. The lowest BCUT2D eigenvalue weighted by Gasteiger charge is -2.25. The summed E-state index contributed by atoms with van der Waals surface area (Å²) in [5.41, 5.74) is 2.89. The van der Waals surface area contributed by atoms with Crippen LogP contribution in [0.25, 0.3) is 0 Å². The number of nitrogens with one attached hydrogen (secondary N) is 2. The molecule has 0 radical (unpaired) electrons. The Bertz CT molecular complexity index is 793. The van der Waals surface area contributed by atoms with Gasteiger partial charge in [0, 0.05) is 42.6 Å². The number of amides is 2. The summed E-state index contributed by atoms with van der Waals surface area (Å²) in [6.45, 7) is 3.36. The maximum Gasteiger partial charge on any atom is 0.319 e. The average Bonchev–Trinajstić information content (AvgIpc) is 2.91. The van der Waals surface area contributed by atoms with Gasteiger partial charge in [-0.1, -0.05) is 24.3 Å². The van der Waals surface area contributed by atoms with Crippen LogP contribution < -0.4 is 15.5 Å². The second-order valence-electron chi connectivity index (χ2n) is 6.06. The van der Waals surface area contributed by atoms with E-state index in [0.29, 0.717) is 24.8 Å². The van der Waals surface area contributed by atoms with E-state index in [0.717, 1.165) is 6.42 Å². The summed E-state index contributed by atoms with van der Waals surface area (Å²) < 4.78 is 0. The number of hydrogen-bond acceptors (Lipinski definition) is 4. The second kappa shape index (κ2) is 7.21. The highest BCUT2D eigenvalue weighted by Gasteiger charge is 2.24. The predicted octanol–water partition coefficient (Wildman–Crippen LogP) is 3.17. The number of nitrogens with zero attached hydrogens (tertiary/aromatic N) is 2. The summed E-state index contributed by atoms with van der Waals surface area (Å²) >= 11 is 0. The molecule has 1 aliphatic rings. The molecule has 0 spiro atoms. The number of urea groups is 1. The lowest BCUT2D eigenvalue weighted by atomic mass is 10.1. The maximum atomic E-state index is 12.0. The van der Waals surface area contributed by atoms with E-state index >= 15 is 0 Å². The van der Waals surface area contributed by atoms with Gasteiger partial charge in [-0.2, -0.15) is 0 Å². The first-order valence-electron chi connectivity index (χ1n) is 8.18. The molecular weight excluding hydrogens is 320 g/mol. The largest absolute Gasteiger partial charge is 0.367 e. The molecule has 1 aliphatic heterocycles. The van der Waals surface area contributed by atoms with Crippen LogP contribution >= 0.6 is 0 Å². The number of fused-ring (bicyclic) bond motifs is 1. The number of anilines is 2. The third kappa shape index (κ3) is 3.88. The van der Waals surface area contributed by atoms with Crippen LogP contribution in [0, 0.1) is 10.1 Å². The first-order valence-corrected chi connectivity index (χ1v) is 8.18.